The van der Waals surface area contributed by atoms with Crippen LogP contribution in [0.1, 0.15) is 16.1 Å². The Labute approximate surface area is 140 Å². The van der Waals surface area contributed by atoms with Gasteiger partial charge in [0.25, 0.3) is 5.91 Å². The number of hydrogen-bond donors (Lipinski definition) is 0. The van der Waals surface area contributed by atoms with Crippen molar-refractivity contribution in [3.8, 4) is 0 Å². The van der Waals surface area contributed by atoms with Gasteiger partial charge in [0.1, 0.15) is 18.2 Å². The molecule has 24 heavy (non-hydrogen) atoms. The van der Waals surface area contributed by atoms with E-state index in [0.29, 0.717) is 32.1 Å². The lowest BCUT2D eigenvalue weighted by molar-refractivity contribution is 0.0618. The first-order valence-electron chi connectivity index (χ1n) is 7.94. The molecule has 1 fully saturated rings. The van der Waals surface area contributed by atoms with Crippen molar-refractivity contribution in [1.29, 1.82) is 0 Å². The number of carbonyl (C=O) groups is 1. The standard InChI is InChI=1S/C17H21FN4O2/c1-24-13-22-6-5-16(19-22)17(23)21-9-7-20(8-10-21)12-14-3-2-4-15(18)11-14/h2-6,11H,7-10,12-13H2,1H3. The fourth-order valence-corrected chi connectivity index (χ4v) is 2.84. The maximum Gasteiger partial charge on any atom is 0.274 e. The number of amides is 1. The summed E-state index contributed by atoms with van der Waals surface area (Å²) in [5.74, 6) is -0.275. The van der Waals surface area contributed by atoms with E-state index in [1.165, 1.54) is 6.07 Å². The van der Waals surface area contributed by atoms with E-state index in [2.05, 4.69) is 10.00 Å². The number of aromatic nitrogens is 2. The summed E-state index contributed by atoms with van der Waals surface area (Å²) in [5.41, 5.74) is 1.39. The summed E-state index contributed by atoms with van der Waals surface area (Å²) in [5, 5.41) is 4.22. The largest absolute Gasteiger partial charge is 0.362 e. The second kappa shape index (κ2) is 7.55. The molecule has 2 heterocycles. The first kappa shape index (κ1) is 16.6. The van der Waals surface area contributed by atoms with E-state index in [9.17, 15) is 9.18 Å². The van der Waals surface area contributed by atoms with Gasteiger partial charge in [0.05, 0.1) is 0 Å². The highest BCUT2D eigenvalue weighted by Gasteiger charge is 2.23. The van der Waals surface area contributed by atoms with Crippen molar-refractivity contribution in [1.82, 2.24) is 19.6 Å². The molecule has 7 heteroatoms. The number of hydrogen-bond acceptors (Lipinski definition) is 4. The third-order valence-electron chi connectivity index (χ3n) is 4.08. The highest BCUT2D eigenvalue weighted by molar-refractivity contribution is 5.92. The summed E-state index contributed by atoms with van der Waals surface area (Å²) in [6, 6.07) is 8.35. The summed E-state index contributed by atoms with van der Waals surface area (Å²) in [6.07, 6.45) is 1.73. The third-order valence-corrected chi connectivity index (χ3v) is 4.08. The molecule has 3 rings (SSSR count). The van der Waals surface area contributed by atoms with Crippen LogP contribution in [-0.4, -0.2) is 58.8 Å². The zero-order chi connectivity index (χ0) is 16.9. The van der Waals surface area contributed by atoms with Crippen molar-refractivity contribution >= 4 is 5.91 Å². The van der Waals surface area contributed by atoms with Crippen LogP contribution >= 0.6 is 0 Å². The van der Waals surface area contributed by atoms with Crippen molar-refractivity contribution in [2.75, 3.05) is 33.3 Å². The topological polar surface area (TPSA) is 50.6 Å². The van der Waals surface area contributed by atoms with Crippen molar-refractivity contribution in [2.45, 2.75) is 13.3 Å². The molecule has 1 aliphatic heterocycles. The molecule has 0 saturated carbocycles. The Bertz CT molecular complexity index is 695. The molecule has 0 unspecified atom stereocenters. The van der Waals surface area contributed by atoms with Crippen LogP contribution in [0.4, 0.5) is 4.39 Å². The van der Waals surface area contributed by atoms with Gasteiger partial charge in [0.2, 0.25) is 0 Å². The van der Waals surface area contributed by atoms with Gasteiger partial charge in [0, 0.05) is 46.0 Å². The summed E-state index contributed by atoms with van der Waals surface area (Å²) in [4.78, 5) is 16.5. The minimum Gasteiger partial charge on any atom is -0.362 e. The highest BCUT2D eigenvalue weighted by atomic mass is 19.1. The van der Waals surface area contributed by atoms with Crippen LogP contribution in [0.2, 0.25) is 0 Å². The van der Waals surface area contributed by atoms with Gasteiger partial charge in [-0.3, -0.25) is 9.69 Å². The molecule has 128 valence electrons. The maximum atomic E-state index is 13.2. The molecular weight excluding hydrogens is 311 g/mol. The van der Waals surface area contributed by atoms with Crippen molar-refractivity contribution < 1.29 is 13.9 Å². The van der Waals surface area contributed by atoms with Crippen LogP contribution in [0.5, 0.6) is 0 Å². The molecule has 1 aliphatic rings. The van der Waals surface area contributed by atoms with E-state index in [0.717, 1.165) is 18.7 Å². The zero-order valence-electron chi connectivity index (χ0n) is 13.7. The van der Waals surface area contributed by atoms with E-state index < -0.39 is 0 Å². The van der Waals surface area contributed by atoms with Crippen molar-refractivity contribution in [2.24, 2.45) is 0 Å². The van der Waals surface area contributed by atoms with E-state index >= 15 is 0 Å². The first-order chi connectivity index (χ1) is 11.7. The number of nitrogens with zero attached hydrogens (tertiary/aromatic N) is 4. The SMILES string of the molecule is COCn1ccc(C(=O)N2CCN(Cc3cccc(F)c3)CC2)n1. The van der Waals surface area contributed by atoms with Gasteiger partial charge in [-0.2, -0.15) is 5.10 Å². The molecule has 0 N–H and O–H groups in total. The Morgan fingerprint density at radius 3 is 2.75 bits per heavy atom. The lowest BCUT2D eigenvalue weighted by Crippen LogP contribution is -2.48. The number of halogens is 1. The second-order valence-corrected chi connectivity index (χ2v) is 5.86. The molecule has 1 saturated heterocycles. The highest BCUT2D eigenvalue weighted by Crippen LogP contribution is 2.12. The molecule has 0 bridgehead atoms. The fraction of sp³-hybridized carbons (Fsp3) is 0.412. The normalized spacial score (nSPS) is 15.7. The van der Waals surface area contributed by atoms with Gasteiger partial charge in [0.15, 0.2) is 0 Å². The van der Waals surface area contributed by atoms with E-state index in [-0.39, 0.29) is 11.7 Å². The van der Waals surface area contributed by atoms with Gasteiger partial charge < -0.3 is 9.64 Å². The Morgan fingerprint density at radius 1 is 1.25 bits per heavy atom. The molecule has 6 nitrogen and oxygen atoms in total. The van der Waals surface area contributed by atoms with Crippen molar-refractivity contribution in [3.05, 3.63) is 53.6 Å². The van der Waals surface area contributed by atoms with Gasteiger partial charge in [-0.1, -0.05) is 12.1 Å². The number of benzene rings is 1. The summed E-state index contributed by atoms with van der Waals surface area (Å²) in [6.45, 7) is 3.84. The maximum absolute atomic E-state index is 13.2. The Hall–Kier alpha value is -2.25. The minimum atomic E-state index is -0.215. The Balaban J connectivity index is 1.53. The lowest BCUT2D eigenvalue weighted by atomic mass is 10.2. The number of carbonyl (C=O) groups excluding carboxylic acids is 1. The molecule has 1 aromatic heterocycles. The molecule has 0 radical (unpaired) electrons. The first-order valence-corrected chi connectivity index (χ1v) is 7.94. The average molecular weight is 332 g/mol. The van der Waals surface area contributed by atoms with Crippen LogP contribution in [0, 0.1) is 5.82 Å². The number of ether oxygens (including phenoxy) is 1. The average Bonchev–Trinajstić information content (AvgIpc) is 3.04. The monoisotopic (exact) mass is 332 g/mol. The predicted molar refractivity (Wildman–Crippen MR) is 86.8 cm³/mol. The van der Waals surface area contributed by atoms with Crippen LogP contribution < -0.4 is 0 Å². The van der Waals surface area contributed by atoms with Crippen LogP contribution in [0.25, 0.3) is 0 Å². The zero-order valence-corrected chi connectivity index (χ0v) is 13.7. The molecular formula is C17H21FN4O2. The van der Waals surface area contributed by atoms with E-state index in [1.54, 1.807) is 36.2 Å². The quantitative estimate of drug-likeness (QED) is 0.834. The summed E-state index contributed by atoms with van der Waals surface area (Å²) >= 11 is 0. The van der Waals surface area contributed by atoms with E-state index in [1.807, 2.05) is 11.0 Å². The van der Waals surface area contributed by atoms with Crippen molar-refractivity contribution in [3.63, 3.8) is 0 Å². The third kappa shape index (κ3) is 3.98. The molecule has 0 spiro atoms. The molecule has 1 amide bonds. The number of methoxy groups -OCH3 is 1. The van der Waals surface area contributed by atoms with Crippen LogP contribution in [0.15, 0.2) is 36.5 Å². The fourth-order valence-electron chi connectivity index (χ4n) is 2.84. The van der Waals surface area contributed by atoms with Crippen LogP contribution in [0.3, 0.4) is 0 Å². The molecule has 2 aromatic rings. The summed E-state index contributed by atoms with van der Waals surface area (Å²) in [7, 11) is 1.58. The minimum absolute atomic E-state index is 0.0599. The van der Waals surface area contributed by atoms with Gasteiger partial charge >= 0.3 is 0 Å². The van der Waals surface area contributed by atoms with Gasteiger partial charge in [-0.15, -0.1) is 0 Å². The smallest absolute Gasteiger partial charge is 0.274 e. The molecule has 1 aromatic carbocycles. The number of rotatable bonds is 5. The lowest BCUT2D eigenvalue weighted by Gasteiger charge is -2.34. The van der Waals surface area contributed by atoms with Gasteiger partial charge in [-0.25, -0.2) is 9.07 Å². The Kier molecular flexibility index (Phi) is 5.22. The number of piperazine rings is 1. The molecule has 0 atom stereocenters. The van der Waals surface area contributed by atoms with Crippen LogP contribution in [-0.2, 0) is 18.0 Å². The summed E-state index contributed by atoms with van der Waals surface area (Å²) < 4.78 is 19.8. The molecule has 0 aliphatic carbocycles. The Morgan fingerprint density at radius 2 is 2.04 bits per heavy atom. The van der Waals surface area contributed by atoms with E-state index in [4.69, 9.17) is 4.74 Å². The predicted octanol–water partition coefficient (Wildman–Crippen LogP) is 1.58. The second-order valence-electron chi connectivity index (χ2n) is 5.86. The van der Waals surface area contributed by atoms with Gasteiger partial charge in [-0.05, 0) is 23.8 Å².